The summed E-state index contributed by atoms with van der Waals surface area (Å²) in [7, 11) is 3.47. The molecule has 1 heterocycles. The Kier molecular flexibility index (Phi) is 4.77. The maximum atomic E-state index is 12.2. The molecule has 0 saturated carbocycles. The Hall–Kier alpha value is -2.83. The van der Waals surface area contributed by atoms with Gasteiger partial charge in [0.15, 0.2) is 6.61 Å². The Morgan fingerprint density at radius 2 is 2.00 bits per heavy atom. The van der Waals surface area contributed by atoms with Crippen LogP contribution in [-0.2, 0) is 18.4 Å². The molecule has 0 atom stereocenters. The molecule has 0 saturated heterocycles. The number of aliphatic carboxylic acids is 1. The van der Waals surface area contributed by atoms with Crippen molar-refractivity contribution in [3.8, 4) is 5.75 Å². The fourth-order valence-corrected chi connectivity index (χ4v) is 1.93. The van der Waals surface area contributed by atoms with Gasteiger partial charge < -0.3 is 14.7 Å². The summed E-state index contributed by atoms with van der Waals surface area (Å²) in [4.78, 5) is 24.2. The zero-order chi connectivity index (χ0) is 16.1. The summed E-state index contributed by atoms with van der Waals surface area (Å²) in [6.07, 6.45) is 3.20. The van der Waals surface area contributed by atoms with E-state index in [1.165, 1.54) is 6.20 Å². The molecule has 7 heteroatoms. The van der Waals surface area contributed by atoms with Gasteiger partial charge in [0.05, 0.1) is 11.8 Å². The lowest BCUT2D eigenvalue weighted by Gasteiger charge is -2.16. The van der Waals surface area contributed by atoms with Crippen molar-refractivity contribution in [3.63, 3.8) is 0 Å². The summed E-state index contributed by atoms with van der Waals surface area (Å²) < 4.78 is 6.63. The Balaban J connectivity index is 1.95. The number of aromatic nitrogens is 2. The van der Waals surface area contributed by atoms with E-state index in [0.717, 1.165) is 5.56 Å². The summed E-state index contributed by atoms with van der Waals surface area (Å²) in [5.74, 6) is -0.655. The first kappa shape index (κ1) is 15.6. The van der Waals surface area contributed by atoms with Crippen molar-refractivity contribution in [2.45, 2.75) is 6.54 Å². The van der Waals surface area contributed by atoms with Crippen molar-refractivity contribution in [2.24, 2.45) is 7.05 Å². The van der Waals surface area contributed by atoms with Crippen molar-refractivity contribution in [1.82, 2.24) is 14.7 Å². The molecule has 116 valence electrons. The van der Waals surface area contributed by atoms with Crippen LogP contribution < -0.4 is 4.74 Å². The maximum absolute atomic E-state index is 12.2. The summed E-state index contributed by atoms with van der Waals surface area (Å²) in [6, 6.07) is 6.95. The molecule has 0 aliphatic rings. The fraction of sp³-hybridized carbons (Fsp3) is 0.267. The van der Waals surface area contributed by atoms with E-state index in [0.29, 0.717) is 17.9 Å². The molecule has 0 spiro atoms. The van der Waals surface area contributed by atoms with Crippen molar-refractivity contribution < 1.29 is 19.4 Å². The van der Waals surface area contributed by atoms with Crippen molar-refractivity contribution in [3.05, 3.63) is 47.8 Å². The molecule has 0 aliphatic carbocycles. The topological polar surface area (TPSA) is 84.7 Å². The van der Waals surface area contributed by atoms with Crippen molar-refractivity contribution in [2.75, 3.05) is 13.7 Å². The average molecular weight is 303 g/mol. The van der Waals surface area contributed by atoms with Gasteiger partial charge in [0, 0.05) is 26.8 Å². The van der Waals surface area contributed by atoms with Gasteiger partial charge in [-0.2, -0.15) is 5.10 Å². The number of carboxylic acid groups (broad SMARTS) is 1. The predicted octanol–water partition coefficient (Wildman–Crippen LogP) is 1.16. The number of ether oxygens (including phenoxy) is 1. The smallest absolute Gasteiger partial charge is 0.341 e. The van der Waals surface area contributed by atoms with Crippen LogP contribution >= 0.6 is 0 Å². The minimum Gasteiger partial charge on any atom is -0.482 e. The van der Waals surface area contributed by atoms with Gasteiger partial charge in [-0.25, -0.2) is 4.79 Å². The zero-order valence-corrected chi connectivity index (χ0v) is 12.4. The summed E-state index contributed by atoms with van der Waals surface area (Å²) in [5, 5.41) is 12.5. The van der Waals surface area contributed by atoms with Crippen LogP contribution in [0.15, 0.2) is 36.7 Å². The lowest BCUT2D eigenvalue weighted by molar-refractivity contribution is -0.139. The molecule has 1 aromatic carbocycles. The third-order valence-electron chi connectivity index (χ3n) is 3.00. The lowest BCUT2D eigenvalue weighted by atomic mass is 10.2. The van der Waals surface area contributed by atoms with Crippen LogP contribution in [0.4, 0.5) is 0 Å². The summed E-state index contributed by atoms with van der Waals surface area (Å²) in [6.45, 7) is 0.0612. The van der Waals surface area contributed by atoms with Gasteiger partial charge in [0.1, 0.15) is 5.75 Å². The molecule has 0 radical (unpaired) electrons. The standard InChI is InChI=1S/C15H17N3O4/c1-17(15(21)12-7-16-18(2)9-12)8-11-3-5-13(6-4-11)22-10-14(19)20/h3-7,9H,8,10H2,1-2H3,(H,19,20). The lowest BCUT2D eigenvalue weighted by Crippen LogP contribution is -2.25. The monoisotopic (exact) mass is 303 g/mol. The van der Waals surface area contributed by atoms with Gasteiger partial charge in [-0.1, -0.05) is 12.1 Å². The maximum Gasteiger partial charge on any atom is 0.341 e. The van der Waals surface area contributed by atoms with E-state index in [9.17, 15) is 9.59 Å². The summed E-state index contributed by atoms with van der Waals surface area (Å²) in [5.41, 5.74) is 1.45. The van der Waals surface area contributed by atoms with Gasteiger partial charge in [0.2, 0.25) is 0 Å². The fourth-order valence-electron chi connectivity index (χ4n) is 1.93. The van der Waals surface area contributed by atoms with Crippen molar-refractivity contribution in [1.29, 1.82) is 0 Å². The van der Waals surface area contributed by atoms with Gasteiger partial charge in [-0.15, -0.1) is 0 Å². The number of carboxylic acids is 1. The number of amides is 1. The van der Waals surface area contributed by atoms with Crippen molar-refractivity contribution >= 4 is 11.9 Å². The number of benzene rings is 1. The average Bonchev–Trinajstić information content (AvgIpc) is 2.92. The van der Waals surface area contributed by atoms with E-state index in [-0.39, 0.29) is 12.5 Å². The molecule has 0 fully saturated rings. The highest BCUT2D eigenvalue weighted by Crippen LogP contribution is 2.14. The Morgan fingerprint density at radius 3 is 2.55 bits per heavy atom. The molecular weight excluding hydrogens is 286 g/mol. The Bertz CT molecular complexity index is 664. The number of carbonyl (C=O) groups is 2. The first-order valence-electron chi connectivity index (χ1n) is 6.63. The molecular formula is C15H17N3O4. The van der Waals surface area contributed by atoms with E-state index >= 15 is 0 Å². The van der Waals surface area contributed by atoms with E-state index in [1.807, 2.05) is 0 Å². The van der Waals surface area contributed by atoms with Crippen LogP contribution in [0.3, 0.4) is 0 Å². The van der Waals surface area contributed by atoms with Gasteiger partial charge in [-0.05, 0) is 17.7 Å². The van der Waals surface area contributed by atoms with Crippen LogP contribution in [0.5, 0.6) is 5.75 Å². The molecule has 0 bridgehead atoms. The SMILES string of the molecule is CN(Cc1ccc(OCC(=O)O)cc1)C(=O)c1cnn(C)c1. The molecule has 7 nitrogen and oxygen atoms in total. The Morgan fingerprint density at radius 1 is 1.32 bits per heavy atom. The number of nitrogens with zero attached hydrogens (tertiary/aromatic N) is 3. The van der Waals surface area contributed by atoms with E-state index in [1.54, 1.807) is 54.1 Å². The highest BCUT2D eigenvalue weighted by Gasteiger charge is 2.13. The minimum absolute atomic E-state index is 0.112. The van der Waals surface area contributed by atoms with Crippen LogP contribution in [0.2, 0.25) is 0 Å². The number of carbonyl (C=O) groups excluding carboxylic acids is 1. The minimum atomic E-state index is -1.02. The predicted molar refractivity (Wildman–Crippen MR) is 78.6 cm³/mol. The summed E-state index contributed by atoms with van der Waals surface area (Å²) >= 11 is 0. The Labute approximate surface area is 127 Å². The number of hydrogen-bond acceptors (Lipinski definition) is 4. The first-order valence-corrected chi connectivity index (χ1v) is 6.63. The molecule has 1 N–H and O–H groups in total. The molecule has 22 heavy (non-hydrogen) atoms. The number of rotatable bonds is 6. The quantitative estimate of drug-likeness (QED) is 0.865. The van der Waals surface area contributed by atoms with Crippen LogP contribution in [-0.4, -0.2) is 45.3 Å². The van der Waals surface area contributed by atoms with Crippen LogP contribution in [0.25, 0.3) is 0 Å². The van der Waals surface area contributed by atoms with Crippen LogP contribution in [0.1, 0.15) is 15.9 Å². The molecule has 2 rings (SSSR count). The molecule has 2 aromatic rings. The number of hydrogen-bond donors (Lipinski definition) is 1. The largest absolute Gasteiger partial charge is 0.482 e. The zero-order valence-electron chi connectivity index (χ0n) is 12.4. The molecule has 0 unspecified atom stereocenters. The second-order valence-electron chi connectivity index (χ2n) is 4.89. The highest BCUT2D eigenvalue weighted by molar-refractivity contribution is 5.93. The molecule has 1 amide bonds. The van der Waals surface area contributed by atoms with E-state index in [2.05, 4.69) is 5.10 Å². The second-order valence-corrected chi connectivity index (χ2v) is 4.89. The third-order valence-corrected chi connectivity index (χ3v) is 3.00. The first-order chi connectivity index (χ1) is 10.5. The third kappa shape index (κ3) is 4.08. The van der Waals surface area contributed by atoms with E-state index in [4.69, 9.17) is 9.84 Å². The molecule has 1 aromatic heterocycles. The second kappa shape index (κ2) is 6.75. The van der Waals surface area contributed by atoms with Gasteiger partial charge in [0.25, 0.3) is 5.91 Å². The number of aryl methyl sites for hydroxylation is 1. The van der Waals surface area contributed by atoms with E-state index < -0.39 is 5.97 Å². The van der Waals surface area contributed by atoms with Crippen LogP contribution in [0, 0.1) is 0 Å². The highest BCUT2D eigenvalue weighted by atomic mass is 16.5. The van der Waals surface area contributed by atoms with Gasteiger partial charge >= 0.3 is 5.97 Å². The molecule has 0 aliphatic heterocycles. The normalized spacial score (nSPS) is 10.3. The van der Waals surface area contributed by atoms with Gasteiger partial charge in [-0.3, -0.25) is 9.48 Å².